The predicted molar refractivity (Wildman–Crippen MR) is 176 cm³/mol. The van der Waals surface area contributed by atoms with E-state index in [0.29, 0.717) is 23.5 Å². The lowest BCUT2D eigenvalue weighted by Crippen LogP contribution is -2.26. The Balaban J connectivity index is 1.38. The van der Waals surface area contributed by atoms with Gasteiger partial charge in [-0.1, -0.05) is 125 Å². The van der Waals surface area contributed by atoms with E-state index >= 15 is 8.78 Å². The molecule has 3 nitrogen and oxygen atoms in total. The lowest BCUT2D eigenvalue weighted by atomic mass is 9.96. The number of esters is 1. The summed E-state index contributed by atoms with van der Waals surface area (Å²) in [7, 11) is 0. The molecule has 0 saturated carbocycles. The SMILES string of the molecule is CCCCCCCCc1ccc(-c2ccc(-c3ccc(-c4ccc(OC(C)C(=O)OCCCC)cc4)c(F)c3F)cc2)cc1. The molecule has 4 aromatic rings. The number of rotatable bonds is 16. The van der Waals surface area contributed by atoms with E-state index in [9.17, 15) is 4.79 Å². The van der Waals surface area contributed by atoms with E-state index < -0.39 is 23.7 Å². The van der Waals surface area contributed by atoms with E-state index in [4.69, 9.17) is 9.47 Å². The normalized spacial score (nSPS) is 11.8. The lowest BCUT2D eigenvalue weighted by Gasteiger charge is -2.14. The molecule has 1 atom stereocenters. The minimum atomic E-state index is -0.908. The van der Waals surface area contributed by atoms with E-state index in [1.165, 1.54) is 44.1 Å². The standard InChI is InChI=1S/C39H44F2O3/c1-4-6-8-9-10-11-12-29-13-15-30(16-14-29)31-17-19-32(20-18-31)35-25-26-36(38(41)37(35)40)33-21-23-34(24-22-33)44-28(3)39(42)43-27-7-5-2/h13-26,28H,4-12,27H2,1-3H3. The first-order valence-electron chi connectivity index (χ1n) is 16.0. The van der Waals surface area contributed by atoms with E-state index in [1.54, 1.807) is 43.3 Å². The molecule has 0 N–H and O–H groups in total. The lowest BCUT2D eigenvalue weighted by molar-refractivity contribution is -0.151. The van der Waals surface area contributed by atoms with Crippen molar-refractivity contribution in [1.29, 1.82) is 0 Å². The molecule has 0 bridgehead atoms. The van der Waals surface area contributed by atoms with Crippen LogP contribution in [-0.4, -0.2) is 18.7 Å². The number of hydrogen-bond acceptors (Lipinski definition) is 3. The zero-order chi connectivity index (χ0) is 31.3. The molecule has 0 saturated heterocycles. The van der Waals surface area contributed by atoms with Gasteiger partial charge in [0.15, 0.2) is 17.7 Å². The molecule has 0 aliphatic heterocycles. The van der Waals surface area contributed by atoms with Crippen molar-refractivity contribution in [2.45, 2.75) is 84.7 Å². The van der Waals surface area contributed by atoms with Gasteiger partial charge in [-0.15, -0.1) is 0 Å². The van der Waals surface area contributed by atoms with E-state index in [0.717, 1.165) is 30.4 Å². The Morgan fingerprint density at radius 2 is 1.09 bits per heavy atom. The fourth-order valence-corrected chi connectivity index (χ4v) is 5.21. The molecule has 4 aromatic carbocycles. The van der Waals surface area contributed by atoms with Gasteiger partial charge in [-0.25, -0.2) is 13.6 Å². The summed E-state index contributed by atoms with van der Waals surface area (Å²) in [6.07, 6.45) is 9.79. The maximum atomic E-state index is 15.3. The molecule has 0 radical (unpaired) electrons. The van der Waals surface area contributed by atoms with Gasteiger partial charge in [-0.2, -0.15) is 0 Å². The molecular formula is C39H44F2O3. The number of halogens is 2. The van der Waals surface area contributed by atoms with Gasteiger partial charge in [0.25, 0.3) is 0 Å². The molecule has 0 amide bonds. The van der Waals surface area contributed by atoms with Crippen LogP contribution in [0.2, 0.25) is 0 Å². The van der Waals surface area contributed by atoms with Crippen molar-refractivity contribution < 1.29 is 23.0 Å². The van der Waals surface area contributed by atoms with Gasteiger partial charge in [0.1, 0.15) is 5.75 Å². The van der Waals surface area contributed by atoms with E-state index in [1.807, 2.05) is 31.2 Å². The monoisotopic (exact) mass is 598 g/mol. The van der Waals surface area contributed by atoms with Gasteiger partial charge in [-0.05, 0) is 66.1 Å². The third kappa shape index (κ3) is 9.01. The summed E-state index contributed by atoms with van der Waals surface area (Å²) in [5.41, 5.74) is 4.96. The molecule has 44 heavy (non-hydrogen) atoms. The third-order valence-electron chi connectivity index (χ3n) is 7.94. The molecule has 232 valence electrons. The summed E-state index contributed by atoms with van der Waals surface area (Å²) in [5, 5.41) is 0. The first-order valence-corrected chi connectivity index (χ1v) is 16.0. The van der Waals surface area contributed by atoms with Crippen molar-refractivity contribution in [3.63, 3.8) is 0 Å². The van der Waals surface area contributed by atoms with Crippen molar-refractivity contribution in [3.05, 3.63) is 102 Å². The summed E-state index contributed by atoms with van der Waals surface area (Å²) in [6.45, 7) is 6.24. The average molecular weight is 599 g/mol. The highest BCUT2D eigenvalue weighted by Gasteiger charge is 2.18. The smallest absolute Gasteiger partial charge is 0.347 e. The summed E-state index contributed by atoms with van der Waals surface area (Å²) < 4.78 is 41.4. The van der Waals surface area contributed by atoms with Crippen molar-refractivity contribution in [1.82, 2.24) is 0 Å². The fourth-order valence-electron chi connectivity index (χ4n) is 5.21. The number of unbranched alkanes of at least 4 members (excludes halogenated alkanes) is 6. The number of benzene rings is 4. The van der Waals surface area contributed by atoms with Crippen LogP contribution in [0.4, 0.5) is 8.78 Å². The van der Waals surface area contributed by atoms with Crippen LogP contribution in [-0.2, 0) is 16.0 Å². The van der Waals surface area contributed by atoms with Crippen molar-refractivity contribution in [2.75, 3.05) is 6.61 Å². The summed E-state index contributed by atoms with van der Waals surface area (Å²) in [5.74, 6) is -1.79. The summed E-state index contributed by atoms with van der Waals surface area (Å²) >= 11 is 0. The second-order valence-electron chi connectivity index (χ2n) is 11.4. The topological polar surface area (TPSA) is 35.5 Å². The van der Waals surface area contributed by atoms with Gasteiger partial charge in [0.05, 0.1) is 6.61 Å². The quantitative estimate of drug-likeness (QED) is 0.0951. The van der Waals surface area contributed by atoms with E-state index in [-0.39, 0.29) is 11.1 Å². The minimum absolute atomic E-state index is 0.155. The second-order valence-corrected chi connectivity index (χ2v) is 11.4. The van der Waals surface area contributed by atoms with Crippen LogP contribution in [0.25, 0.3) is 33.4 Å². The fraction of sp³-hybridized carbons (Fsp3) is 0.359. The second kappa shape index (κ2) is 16.7. The van der Waals surface area contributed by atoms with Crippen LogP contribution in [0.3, 0.4) is 0 Å². The Bertz CT molecular complexity index is 1460. The molecule has 5 heteroatoms. The van der Waals surface area contributed by atoms with Crippen molar-refractivity contribution in [3.8, 4) is 39.1 Å². The zero-order valence-electron chi connectivity index (χ0n) is 26.2. The highest BCUT2D eigenvalue weighted by Crippen LogP contribution is 2.33. The van der Waals surface area contributed by atoms with Crippen LogP contribution >= 0.6 is 0 Å². The Labute approximate surface area is 261 Å². The van der Waals surface area contributed by atoms with Gasteiger partial charge >= 0.3 is 5.97 Å². The largest absolute Gasteiger partial charge is 0.479 e. The maximum absolute atomic E-state index is 15.3. The first kappa shape index (κ1) is 32.9. The highest BCUT2D eigenvalue weighted by atomic mass is 19.2. The Morgan fingerprint density at radius 3 is 1.66 bits per heavy atom. The average Bonchev–Trinajstić information content (AvgIpc) is 3.05. The Hall–Kier alpha value is -3.99. The van der Waals surface area contributed by atoms with E-state index in [2.05, 4.69) is 31.2 Å². The number of carbonyl (C=O) groups excluding carboxylic acids is 1. The van der Waals surface area contributed by atoms with Crippen LogP contribution in [0, 0.1) is 11.6 Å². The molecule has 0 aliphatic rings. The van der Waals surface area contributed by atoms with Crippen molar-refractivity contribution in [2.24, 2.45) is 0 Å². The molecule has 0 spiro atoms. The highest BCUT2D eigenvalue weighted by molar-refractivity contribution is 5.75. The van der Waals surface area contributed by atoms with Crippen LogP contribution < -0.4 is 4.74 Å². The van der Waals surface area contributed by atoms with Crippen LogP contribution in [0.5, 0.6) is 5.75 Å². The van der Waals surface area contributed by atoms with Gasteiger partial charge in [-0.3, -0.25) is 0 Å². The summed E-state index contributed by atoms with van der Waals surface area (Å²) in [6, 6.07) is 26.0. The van der Waals surface area contributed by atoms with Crippen LogP contribution in [0.15, 0.2) is 84.9 Å². The maximum Gasteiger partial charge on any atom is 0.347 e. The molecule has 1 unspecified atom stereocenters. The molecule has 4 rings (SSSR count). The van der Waals surface area contributed by atoms with Gasteiger partial charge in [0, 0.05) is 11.1 Å². The predicted octanol–water partition coefficient (Wildman–Crippen LogP) is 11.0. The number of aryl methyl sites for hydroxylation is 1. The van der Waals surface area contributed by atoms with Crippen LogP contribution in [0.1, 0.15) is 77.7 Å². The molecule has 0 aliphatic carbocycles. The van der Waals surface area contributed by atoms with Gasteiger partial charge < -0.3 is 9.47 Å². The Morgan fingerprint density at radius 1 is 0.614 bits per heavy atom. The Kier molecular flexibility index (Phi) is 12.5. The molecule has 0 fully saturated rings. The number of ether oxygens (including phenoxy) is 2. The molecular weight excluding hydrogens is 554 g/mol. The number of carbonyl (C=O) groups is 1. The summed E-state index contributed by atoms with van der Waals surface area (Å²) in [4.78, 5) is 12.1. The minimum Gasteiger partial charge on any atom is -0.479 e. The first-order chi connectivity index (χ1) is 21.4. The molecule has 0 heterocycles. The van der Waals surface area contributed by atoms with Crippen molar-refractivity contribution >= 4 is 5.97 Å². The van der Waals surface area contributed by atoms with Gasteiger partial charge in [0.2, 0.25) is 0 Å². The molecule has 0 aromatic heterocycles. The third-order valence-corrected chi connectivity index (χ3v) is 7.94. The zero-order valence-corrected chi connectivity index (χ0v) is 26.2. The number of hydrogen-bond donors (Lipinski definition) is 0.